The number of carboxylic acid groups (broad SMARTS) is 1. The van der Waals surface area contributed by atoms with E-state index in [-0.39, 0.29) is 6.10 Å². The first-order valence-electron chi connectivity index (χ1n) is 5.88. The summed E-state index contributed by atoms with van der Waals surface area (Å²) in [6, 6.07) is 7.59. The number of anilines is 1. The molecule has 0 aliphatic rings. The van der Waals surface area contributed by atoms with Crippen LogP contribution in [0.2, 0.25) is 0 Å². The highest BCUT2D eigenvalue weighted by Crippen LogP contribution is 2.17. The number of rotatable bonds is 6. The Hall–Kier alpha value is -1.97. The van der Waals surface area contributed by atoms with Crippen molar-refractivity contribution < 1.29 is 14.6 Å². The third-order valence-corrected chi connectivity index (χ3v) is 2.17. The van der Waals surface area contributed by atoms with Crippen molar-refractivity contribution in [2.75, 3.05) is 11.9 Å². The minimum absolute atomic E-state index is 0.157. The van der Waals surface area contributed by atoms with E-state index in [2.05, 4.69) is 5.32 Å². The molecule has 18 heavy (non-hydrogen) atoms. The fourth-order valence-electron chi connectivity index (χ4n) is 1.43. The fourth-order valence-corrected chi connectivity index (χ4v) is 1.43. The van der Waals surface area contributed by atoms with Gasteiger partial charge in [-0.1, -0.05) is 0 Å². The van der Waals surface area contributed by atoms with E-state index in [0.717, 1.165) is 17.0 Å². The lowest BCUT2D eigenvalue weighted by atomic mass is 10.2. The fraction of sp³-hybridized carbons (Fsp3) is 0.357. The van der Waals surface area contributed by atoms with Gasteiger partial charge in [0.2, 0.25) is 0 Å². The smallest absolute Gasteiger partial charge is 0.328 e. The molecule has 0 radical (unpaired) electrons. The molecule has 98 valence electrons. The van der Waals surface area contributed by atoms with E-state index in [1.807, 2.05) is 38.1 Å². The Bertz CT molecular complexity index is 421. The van der Waals surface area contributed by atoms with Crippen molar-refractivity contribution in [2.24, 2.45) is 0 Å². The maximum absolute atomic E-state index is 10.4. The van der Waals surface area contributed by atoms with Crippen molar-refractivity contribution in [1.82, 2.24) is 0 Å². The van der Waals surface area contributed by atoms with Crippen LogP contribution in [0.4, 0.5) is 5.69 Å². The van der Waals surface area contributed by atoms with Gasteiger partial charge in [0.15, 0.2) is 0 Å². The van der Waals surface area contributed by atoms with Crippen molar-refractivity contribution in [2.45, 2.75) is 26.9 Å². The van der Waals surface area contributed by atoms with Gasteiger partial charge in [-0.25, -0.2) is 4.79 Å². The summed E-state index contributed by atoms with van der Waals surface area (Å²) in [5, 5.41) is 11.7. The molecule has 0 unspecified atom stereocenters. The molecule has 0 saturated heterocycles. The lowest BCUT2D eigenvalue weighted by Gasteiger charge is -2.11. The number of ether oxygens (including phenoxy) is 1. The van der Waals surface area contributed by atoms with Crippen LogP contribution in [0.25, 0.3) is 0 Å². The summed E-state index contributed by atoms with van der Waals surface area (Å²) < 4.78 is 5.53. The molecule has 0 bridgehead atoms. The van der Waals surface area contributed by atoms with Gasteiger partial charge in [-0.05, 0) is 50.6 Å². The zero-order valence-corrected chi connectivity index (χ0v) is 10.9. The first-order chi connectivity index (χ1) is 8.47. The number of carboxylic acids is 1. The molecule has 0 spiro atoms. The number of hydrogen-bond donors (Lipinski definition) is 2. The van der Waals surface area contributed by atoms with E-state index >= 15 is 0 Å². The zero-order chi connectivity index (χ0) is 13.5. The van der Waals surface area contributed by atoms with Gasteiger partial charge in [0.1, 0.15) is 5.75 Å². The van der Waals surface area contributed by atoms with E-state index in [0.29, 0.717) is 6.54 Å². The Morgan fingerprint density at radius 3 is 2.50 bits per heavy atom. The zero-order valence-electron chi connectivity index (χ0n) is 10.9. The number of carbonyl (C=O) groups is 1. The number of nitrogens with one attached hydrogen (secondary N) is 1. The van der Waals surface area contributed by atoms with E-state index in [4.69, 9.17) is 9.84 Å². The second-order valence-corrected chi connectivity index (χ2v) is 4.37. The first kappa shape index (κ1) is 14.1. The third kappa shape index (κ3) is 5.39. The van der Waals surface area contributed by atoms with Crippen LogP contribution in [-0.2, 0) is 4.79 Å². The predicted octanol–water partition coefficient (Wildman–Crippen LogP) is 2.92. The van der Waals surface area contributed by atoms with Crippen LogP contribution in [0.15, 0.2) is 35.9 Å². The predicted molar refractivity (Wildman–Crippen MR) is 72.1 cm³/mol. The van der Waals surface area contributed by atoms with Gasteiger partial charge in [0.05, 0.1) is 6.10 Å². The summed E-state index contributed by atoms with van der Waals surface area (Å²) in [4.78, 5) is 10.4. The Kier molecular flexibility index (Phi) is 5.24. The van der Waals surface area contributed by atoms with Crippen LogP contribution >= 0.6 is 0 Å². The highest BCUT2D eigenvalue weighted by molar-refractivity contribution is 5.80. The maximum atomic E-state index is 10.4. The van der Waals surface area contributed by atoms with E-state index in [1.165, 1.54) is 6.08 Å². The summed E-state index contributed by atoms with van der Waals surface area (Å²) in [6.07, 6.45) is 1.35. The maximum Gasteiger partial charge on any atom is 0.328 e. The molecule has 0 aromatic heterocycles. The van der Waals surface area contributed by atoms with Crippen molar-refractivity contribution in [3.63, 3.8) is 0 Å². The molecule has 2 N–H and O–H groups in total. The molecular formula is C14H19NO3. The second kappa shape index (κ2) is 6.69. The first-order valence-corrected chi connectivity index (χ1v) is 5.88. The molecule has 4 nitrogen and oxygen atoms in total. The lowest BCUT2D eigenvalue weighted by molar-refractivity contribution is -0.131. The topological polar surface area (TPSA) is 58.6 Å². The van der Waals surface area contributed by atoms with Crippen LogP contribution in [0.1, 0.15) is 20.8 Å². The lowest BCUT2D eigenvalue weighted by Crippen LogP contribution is -2.06. The standard InChI is InChI=1S/C14H19NO3/c1-10(2)18-13-6-4-12(5-7-13)15-9-11(3)8-14(16)17/h4-8,10,15H,9H2,1-3H3,(H,16,17)/b11-8+. The molecule has 0 aliphatic carbocycles. The SMILES string of the molecule is C/C(=C\C(=O)O)CNc1ccc(OC(C)C)cc1. The second-order valence-electron chi connectivity index (χ2n) is 4.37. The highest BCUT2D eigenvalue weighted by Gasteiger charge is 1.99. The number of hydrogen-bond acceptors (Lipinski definition) is 3. The van der Waals surface area contributed by atoms with Crippen LogP contribution < -0.4 is 10.1 Å². The molecule has 0 aliphatic heterocycles. The van der Waals surface area contributed by atoms with Gasteiger partial charge in [-0.2, -0.15) is 0 Å². The Morgan fingerprint density at radius 1 is 1.39 bits per heavy atom. The third-order valence-electron chi connectivity index (χ3n) is 2.17. The summed E-state index contributed by atoms with van der Waals surface area (Å²) in [5.74, 6) is -0.0941. The van der Waals surface area contributed by atoms with Gasteiger partial charge in [-0.15, -0.1) is 0 Å². The molecule has 1 aromatic carbocycles. The summed E-state index contributed by atoms with van der Waals surface area (Å²) in [6.45, 7) is 6.24. The largest absolute Gasteiger partial charge is 0.491 e. The Balaban J connectivity index is 2.51. The minimum atomic E-state index is -0.921. The quantitative estimate of drug-likeness (QED) is 0.761. The number of benzene rings is 1. The molecule has 0 fully saturated rings. The van der Waals surface area contributed by atoms with Gasteiger partial charge in [0.25, 0.3) is 0 Å². The van der Waals surface area contributed by atoms with E-state index in [9.17, 15) is 4.79 Å². The minimum Gasteiger partial charge on any atom is -0.491 e. The average Bonchev–Trinajstić information content (AvgIpc) is 2.26. The van der Waals surface area contributed by atoms with Crippen molar-refractivity contribution in [3.05, 3.63) is 35.9 Å². The monoisotopic (exact) mass is 249 g/mol. The van der Waals surface area contributed by atoms with Gasteiger partial charge in [-0.3, -0.25) is 0 Å². The normalized spacial score (nSPS) is 11.4. The van der Waals surface area contributed by atoms with Gasteiger partial charge in [0, 0.05) is 18.3 Å². The number of aliphatic carboxylic acids is 1. The molecule has 4 heteroatoms. The molecule has 1 aromatic rings. The van der Waals surface area contributed by atoms with Crippen LogP contribution in [-0.4, -0.2) is 23.7 Å². The summed E-state index contributed by atoms with van der Waals surface area (Å²) in [7, 11) is 0. The molecule has 0 saturated carbocycles. The highest BCUT2D eigenvalue weighted by atomic mass is 16.5. The average molecular weight is 249 g/mol. The summed E-state index contributed by atoms with van der Waals surface area (Å²) in [5.41, 5.74) is 1.70. The summed E-state index contributed by atoms with van der Waals surface area (Å²) >= 11 is 0. The molecule has 0 amide bonds. The van der Waals surface area contributed by atoms with Crippen LogP contribution in [0.3, 0.4) is 0 Å². The van der Waals surface area contributed by atoms with Gasteiger partial charge < -0.3 is 15.2 Å². The van der Waals surface area contributed by atoms with Crippen molar-refractivity contribution in [1.29, 1.82) is 0 Å². The Labute approximate surface area is 107 Å². The van der Waals surface area contributed by atoms with Crippen LogP contribution in [0, 0.1) is 0 Å². The molecule has 0 heterocycles. The molecule has 1 rings (SSSR count). The van der Waals surface area contributed by atoms with Crippen molar-refractivity contribution in [3.8, 4) is 5.75 Å². The van der Waals surface area contributed by atoms with E-state index < -0.39 is 5.97 Å². The van der Waals surface area contributed by atoms with E-state index in [1.54, 1.807) is 6.92 Å². The van der Waals surface area contributed by atoms with Crippen LogP contribution in [0.5, 0.6) is 5.75 Å². The van der Waals surface area contributed by atoms with Crippen molar-refractivity contribution >= 4 is 11.7 Å². The molecular weight excluding hydrogens is 230 g/mol. The Morgan fingerprint density at radius 2 is 2.00 bits per heavy atom. The van der Waals surface area contributed by atoms with Gasteiger partial charge >= 0.3 is 5.97 Å². The molecule has 0 atom stereocenters.